The molecule has 0 aromatic heterocycles. The average Bonchev–Trinajstić information content (AvgIpc) is 2.53. The van der Waals surface area contributed by atoms with Crippen LogP contribution >= 0.6 is 0 Å². The Kier molecular flexibility index (Phi) is 3.08. The molecule has 2 rings (SSSR count). The molecule has 1 atom stereocenters. The molecule has 2 N–H and O–H groups in total. The Balaban J connectivity index is 2.37. The second-order valence-corrected chi connectivity index (χ2v) is 4.93. The van der Waals surface area contributed by atoms with E-state index in [-0.39, 0.29) is 0 Å². The Morgan fingerprint density at radius 1 is 1.06 bits per heavy atom. The number of rotatable bonds is 2. The normalized spacial score (nSPS) is 27.2. The third kappa shape index (κ3) is 2.02. The minimum absolute atomic E-state index is 0.636. The van der Waals surface area contributed by atoms with Crippen LogP contribution in [0.3, 0.4) is 0 Å². The summed E-state index contributed by atoms with van der Waals surface area (Å²) in [5, 5.41) is 18.3. The van der Waals surface area contributed by atoms with Gasteiger partial charge in [0.05, 0.1) is 5.60 Å². The highest BCUT2D eigenvalue weighted by atomic mass is 16.7. The van der Waals surface area contributed by atoms with Crippen LogP contribution in [-0.4, -0.2) is 29.7 Å². The molecular weight excluding hydrogens is 218 g/mol. The lowest BCUT2D eigenvalue weighted by molar-refractivity contribution is -0.0133. The van der Waals surface area contributed by atoms with Crippen molar-refractivity contribution in [3.63, 3.8) is 0 Å². The Morgan fingerprint density at radius 3 is 2.12 bits per heavy atom. The van der Waals surface area contributed by atoms with E-state index in [0.717, 1.165) is 5.56 Å². The first-order valence-corrected chi connectivity index (χ1v) is 5.64. The van der Waals surface area contributed by atoms with E-state index in [4.69, 9.17) is 19.4 Å². The first-order chi connectivity index (χ1) is 7.87. The van der Waals surface area contributed by atoms with Gasteiger partial charge in [-0.15, -0.1) is 0 Å². The molecule has 1 unspecified atom stereocenters. The smallest absolute Gasteiger partial charge is 0.429 e. The summed E-state index contributed by atoms with van der Waals surface area (Å²) in [6, 6.07) is 9.65. The molecule has 0 radical (unpaired) electrons. The van der Waals surface area contributed by atoms with Crippen LogP contribution in [0.2, 0.25) is 0 Å². The molecule has 0 aliphatic carbocycles. The van der Waals surface area contributed by atoms with Crippen molar-refractivity contribution in [3.8, 4) is 0 Å². The van der Waals surface area contributed by atoms with E-state index in [2.05, 4.69) is 0 Å². The van der Waals surface area contributed by atoms with E-state index < -0.39 is 25.2 Å². The van der Waals surface area contributed by atoms with Crippen LogP contribution in [0.1, 0.15) is 26.3 Å². The Hall–Kier alpha value is -0.810. The van der Waals surface area contributed by atoms with Gasteiger partial charge in [-0.3, -0.25) is 0 Å². The fourth-order valence-electron chi connectivity index (χ4n) is 2.09. The highest BCUT2D eigenvalue weighted by molar-refractivity contribution is 7.09. The molecular formula is C11H16B2O4. The second-order valence-electron chi connectivity index (χ2n) is 4.93. The molecule has 1 aliphatic heterocycles. The molecule has 1 aromatic carbocycles. The molecule has 0 spiro atoms. The van der Waals surface area contributed by atoms with E-state index in [1.54, 1.807) is 0 Å². The molecule has 1 fully saturated rings. The van der Waals surface area contributed by atoms with Crippen molar-refractivity contribution in [2.75, 3.05) is 0 Å². The molecule has 1 aromatic rings. The van der Waals surface area contributed by atoms with Gasteiger partial charge in [-0.2, -0.15) is 0 Å². The first-order valence-electron chi connectivity index (χ1n) is 5.64. The zero-order chi connectivity index (χ0) is 12.7. The van der Waals surface area contributed by atoms with Crippen LogP contribution in [0.15, 0.2) is 30.3 Å². The average molecular weight is 234 g/mol. The van der Waals surface area contributed by atoms with E-state index in [1.807, 2.05) is 51.1 Å². The summed E-state index contributed by atoms with van der Waals surface area (Å²) in [6.07, 6.45) is 0. The fraction of sp³-hybridized carbons (Fsp3) is 0.455. The Bertz CT molecular complexity index is 396. The lowest BCUT2D eigenvalue weighted by Crippen LogP contribution is -2.42. The maximum Gasteiger partial charge on any atom is 0.488 e. The summed E-state index contributed by atoms with van der Waals surface area (Å²) in [6.45, 7) is 5.65. The fourth-order valence-corrected chi connectivity index (χ4v) is 2.09. The predicted molar refractivity (Wildman–Crippen MR) is 66.0 cm³/mol. The van der Waals surface area contributed by atoms with Crippen molar-refractivity contribution < 1.29 is 19.4 Å². The number of benzene rings is 1. The third-order valence-electron chi connectivity index (χ3n) is 3.48. The molecule has 1 saturated heterocycles. The van der Waals surface area contributed by atoms with Gasteiger partial charge in [0.2, 0.25) is 0 Å². The van der Waals surface area contributed by atoms with Crippen molar-refractivity contribution in [1.29, 1.82) is 0 Å². The Morgan fingerprint density at radius 2 is 1.65 bits per heavy atom. The van der Waals surface area contributed by atoms with Gasteiger partial charge in [0.25, 0.3) is 0 Å². The standard InChI is InChI=1S/C11H16B2O4/c1-10(2)11(3,9-7-5-4-6-8-9)17-13(16-10)12(14)15/h4-8,14-15H,1-3H3. The van der Waals surface area contributed by atoms with Crippen molar-refractivity contribution in [1.82, 2.24) is 0 Å². The van der Waals surface area contributed by atoms with Crippen LogP contribution in [0.5, 0.6) is 0 Å². The molecule has 0 saturated carbocycles. The molecule has 90 valence electrons. The summed E-state index contributed by atoms with van der Waals surface area (Å²) in [5.74, 6) is 0. The molecule has 0 amide bonds. The minimum Gasteiger partial charge on any atom is -0.429 e. The summed E-state index contributed by atoms with van der Waals surface area (Å²) in [4.78, 5) is 0. The van der Waals surface area contributed by atoms with Gasteiger partial charge in [0, 0.05) is 0 Å². The summed E-state index contributed by atoms with van der Waals surface area (Å²) < 4.78 is 11.2. The SMILES string of the molecule is CC1(C)OB(B(O)O)OC1(C)c1ccccc1. The monoisotopic (exact) mass is 234 g/mol. The van der Waals surface area contributed by atoms with Gasteiger partial charge >= 0.3 is 14.0 Å². The minimum atomic E-state index is -1.64. The van der Waals surface area contributed by atoms with Crippen molar-refractivity contribution in [2.45, 2.75) is 32.0 Å². The maximum atomic E-state index is 9.17. The number of hydrogen-bond donors (Lipinski definition) is 2. The van der Waals surface area contributed by atoms with Crippen LogP contribution in [0.4, 0.5) is 0 Å². The lowest BCUT2D eigenvalue weighted by atomic mass is 9.50. The molecule has 1 aliphatic rings. The Labute approximate surface area is 102 Å². The van der Waals surface area contributed by atoms with Crippen LogP contribution in [0, 0.1) is 0 Å². The van der Waals surface area contributed by atoms with E-state index in [1.165, 1.54) is 0 Å². The summed E-state index contributed by atoms with van der Waals surface area (Å²) >= 11 is 0. The first kappa shape index (κ1) is 12.6. The van der Waals surface area contributed by atoms with Gasteiger partial charge in [0.15, 0.2) is 0 Å². The lowest BCUT2D eigenvalue weighted by Gasteiger charge is -2.36. The quantitative estimate of drug-likeness (QED) is 0.741. The van der Waals surface area contributed by atoms with E-state index >= 15 is 0 Å². The topological polar surface area (TPSA) is 58.9 Å². The molecule has 1 heterocycles. The third-order valence-corrected chi connectivity index (χ3v) is 3.48. The van der Waals surface area contributed by atoms with Crippen LogP contribution < -0.4 is 0 Å². The maximum absolute atomic E-state index is 9.17. The van der Waals surface area contributed by atoms with Crippen molar-refractivity contribution in [2.24, 2.45) is 0 Å². The van der Waals surface area contributed by atoms with Gasteiger partial charge in [0.1, 0.15) is 5.60 Å². The zero-order valence-corrected chi connectivity index (χ0v) is 10.3. The molecule has 4 nitrogen and oxygen atoms in total. The highest BCUT2D eigenvalue weighted by Crippen LogP contribution is 2.44. The number of hydrogen-bond acceptors (Lipinski definition) is 4. The highest BCUT2D eigenvalue weighted by Gasteiger charge is 2.58. The zero-order valence-electron chi connectivity index (χ0n) is 10.3. The second kappa shape index (κ2) is 4.14. The van der Waals surface area contributed by atoms with Crippen molar-refractivity contribution >= 4 is 14.0 Å². The van der Waals surface area contributed by atoms with Gasteiger partial charge in [-0.1, -0.05) is 30.3 Å². The summed E-state index contributed by atoms with van der Waals surface area (Å²) in [7, 11) is -2.66. The largest absolute Gasteiger partial charge is 0.488 e. The summed E-state index contributed by atoms with van der Waals surface area (Å²) in [5.41, 5.74) is -0.390. The molecule has 17 heavy (non-hydrogen) atoms. The van der Waals surface area contributed by atoms with E-state index in [0.29, 0.717) is 0 Å². The van der Waals surface area contributed by atoms with Gasteiger partial charge < -0.3 is 19.4 Å². The van der Waals surface area contributed by atoms with Gasteiger partial charge in [-0.25, -0.2) is 0 Å². The predicted octanol–water partition coefficient (Wildman–Crippen LogP) is 0.767. The van der Waals surface area contributed by atoms with Crippen molar-refractivity contribution in [3.05, 3.63) is 35.9 Å². The van der Waals surface area contributed by atoms with E-state index in [9.17, 15) is 0 Å². The van der Waals surface area contributed by atoms with Crippen LogP contribution in [0.25, 0.3) is 0 Å². The molecule has 0 bridgehead atoms. The van der Waals surface area contributed by atoms with Gasteiger partial charge in [-0.05, 0) is 26.3 Å². The van der Waals surface area contributed by atoms with Crippen LogP contribution in [-0.2, 0) is 14.9 Å². The molecule has 6 heteroatoms.